The van der Waals surface area contributed by atoms with Gasteiger partial charge in [-0.25, -0.2) is 4.39 Å². The molecule has 0 saturated heterocycles. The molecule has 4 nitrogen and oxygen atoms in total. The van der Waals surface area contributed by atoms with Gasteiger partial charge in [0.1, 0.15) is 5.82 Å². The second-order valence-electron chi connectivity index (χ2n) is 5.67. The van der Waals surface area contributed by atoms with Gasteiger partial charge >= 0.3 is 0 Å². The van der Waals surface area contributed by atoms with E-state index in [0.29, 0.717) is 19.5 Å². The number of anilines is 1. The first-order valence-electron chi connectivity index (χ1n) is 8.21. The Labute approximate surface area is 142 Å². The summed E-state index contributed by atoms with van der Waals surface area (Å²) in [7, 11) is 0. The molecule has 2 aromatic rings. The van der Waals surface area contributed by atoms with Gasteiger partial charge in [-0.2, -0.15) is 0 Å². The van der Waals surface area contributed by atoms with Crippen LogP contribution in [0, 0.1) is 5.82 Å². The van der Waals surface area contributed by atoms with Crippen molar-refractivity contribution in [1.82, 2.24) is 5.32 Å². The fourth-order valence-electron chi connectivity index (χ4n) is 2.38. The van der Waals surface area contributed by atoms with Gasteiger partial charge in [0.15, 0.2) is 0 Å². The Bertz CT molecular complexity index is 643. The van der Waals surface area contributed by atoms with Gasteiger partial charge in [0.25, 0.3) is 0 Å². The number of amides is 1. The van der Waals surface area contributed by atoms with Crippen molar-refractivity contribution in [2.24, 2.45) is 5.73 Å². The summed E-state index contributed by atoms with van der Waals surface area (Å²) in [4.78, 5) is 11.4. The molecule has 24 heavy (non-hydrogen) atoms. The fourth-order valence-corrected chi connectivity index (χ4v) is 2.38. The minimum absolute atomic E-state index is 0.0305. The van der Waals surface area contributed by atoms with Gasteiger partial charge in [-0.15, -0.1) is 0 Å². The van der Waals surface area contributed by atoms with Crippen LogP contribution in [-0.2, 0) is 17.8 Å². The fraction of sp³-hybridized carbons (Fsp3) is 0.316. The van der Waals surface area contributed by atoms with Crippen molar-refractivity contribution in [2.75, 3.05) is 18.4 Å². The molecule has 2 rings (SSSR count). The lowest BCUT2D eigenvalue weighted by Crippen LogP contribution is -2.24. The van der Waals surface area contributed by atoms with Gasteiger partial charge in [-0.05, 0) is 48.2 Å². The third-order valence-corrected chi connectivity index (χ3v) is 3.68. The van der Waals surface area contributed by atoms with Crippen LogP contribution in [0.1, 0.15) is 24.0 Å². The van der Waals surface area contributed by atoms with E-state index in [1.165, 1.54) is 6.07 Å². The molecule has 0 aromatic heterocycles. The summed E-state index contributed by atoms with van der Waals surface area (Å²) in [6.45, 7) is 1.70. The van der Waals surface area contributed by atoms with Gasteiger partial charge in [0.2, 0.25) is 5.91 Å². The SMILES string of the molecule is NCCC(=O)NCc1ccc(NCCCc2cccc(F)c2)cc1. The maximum absolute atomic E-state index is 13.1. The number of carbonyl (C=O) groups excluding carboxylic acids is 1. The zero-order valence-electron chi connectivity index (χ0n) is 13.7. The first-order chi connectivity index (χ1) is 11.7. The second-order valence-corrected chi connectivity index (χ2v) is 5.67. The summed E-state index contributed by atoms with van der Waals surface area (Å²) in [6.07, 6.45) is 2.13. The largest absolute Gasteiger partial charge is 0.385 e. The monoisotopic (exact) mass is 329 g/mol. The number of nitrogens with one attached hydrogen (secondary N) is 2. The van der Waals surface area contributed by atoms with Crippen molar-refractivity contribution >= 4 is 11.6 Å². The van der Waals surface area contributed by atoms with Crippen molar-refractivity contribution in [1.29, 1.82) is 0 Å². The zero-order valence-corrected chi connectivity index (χ0v) is 13.7. The average Bonchev–Trinajstić information content (AvgIpc) is 2.58. The lowest BCUT2D eigenvalue weighted by Gasteiger charge is -2.08. The molecule has 2 aromatic carbocycles. The lowest BCUT2D eigenvalue weighted by atomic mass is 10.1. The summed E-state index contributed by atoms with van der Waals surface area (Å²) in [5, 5.41) is 6.17. The molecule has 0 atom stereocenters. The van der Waals surface area contributed by atoms with Crippen molar-refractivity contribution in [3.63, 3.8) is 0 Å². The molecule has 0 bridgehead atoms. The predicted molar refractivity (Wildman–Crippen MR) is 95.2 cm³/mol. The van der Waals surface area contributed by atoms with Gasteiger partial charge in [-0.3, -0.25) is 4.79 Å². The molecule has 0 aliphatic heterocycles. The highest BCUT2D eigenvalue weighted by molar-refractivity contribution is 5.76. The molecular formula is C19H24FN3O. The summed E-state index contributed by atoms with van der Waals surface area (Å²) in [5.74, 6) is -0.216. The van der Waals surface area contributed by atoms with Crippen LogP contribution in [0.15, 0.2) is 48.5 Å². The van der Waals surface area contributed by atoms with E-state index in [9.17, 15) is 9.18 Å². The highest BCUT2D eigenvalue weighted by Gasteiger charge is 2.00. The smallest absolute Gasteiger partial charge is 0.221 e. The van der Waals surface area contributed by atoms with E-state index in [0.717, 1.165) is 36.2 Å². The first-order valence-corrected chi connectivity index (χ1v) is 8.21. The molecule has 0 heterocycles. The highest BCUT2D eigenvalue weighted by atomic mass is 19.1. The minimum atomic E-state index is -0.186. The second kappa shape index (κ2) is 9.67. The third kappa shape index (κ3) is 6.38. The van der Waals surface area contributed by atoms with Gasteiger partial charge < -0.3 is 16.4 Å². The van der Waals surface area contributed by atoms with Gasteiger partial charge in [-0.1, -0.05) is 24.3 Å². The topological polar surface area (TPSA) is 67.2 Å². The van der Waals surface area contributed by atoms with E-state index in [4.69, 9.17) is 5.73 Å². The summed E-state index contributed by atoms with van der Waals surface area (Å²) in [6, 6.07) is 14.7. The van der Waals surface area contributed by atoms with E-state index < -0.39 is 0 Å². The number of aryl methyl sites for hydroxylation is 1. The number of carbonyl (C=O) groups is 1. The van der Waals surface area contributed by atoms with Crippen molar-refractivity contribution in [3.05, 3.63) is 65.5 Å². The predicted octanol–water partition coefficient (Wildman–Crippen LogP) is 2.84. The van der Waals surface area contributed by atoms with Crippen molar-refractivity contribution in [2.45, 2.75) is 25.8 Å². The molecule has 4 N–H and O–H groups in total. The minimum Gasteiger partial charge on any atom is -0.385 e. The molecule has 1 amide bonds. The Balaban J connectivity index is 1.69. The maximum atomic E-state index is 13.1. The number of halogens is 1. The number of hydrogen-bond acceptors (Lipinski definition) is 3. The van der Waals surface area contributed by atoms with Crippen molar-refractivity contribution < 1.29 is 9.18 Å². The van der Waals surface area contributed by atoms with Crippen LogP contribution in [0.3, 0.4) is 0 Å². The molecule has 0 aliphatic rings. The number of nitrogens with two attached hydrogens (primary N) is 1. The van der Waals surface area contributed by atoms with E-state index in [2.05, 4.69) is 10.6 Å². The van der Waals surface area contributed by atoms with Crippen LogP contribution < -0.4 is 16.4 Å². The Morgan fingerprint density at radius 2 is 1.88 bits per heavy atom. The third-order valence-electron chi connectivity index (χ3n) is 3.68. The van der Waals surface area contributed by atoms with Crippen molar-refractivity contribution in [3.8, 4) is 0 Å². The lowest BCUT2D eigenvalue weighted by molar-refractivity contribution is -0.121. The Hall–Kier alpha value is -2.40. The number of rotatable bonds is 9. The summed E-state index contributed by atoms with van der Waals surface area (Å²) >= 11 is 0. The van der Waals surface area contributed by atoms with E-state index >= 15 is 0 Å². The molecule has 128 valence electrons. The molecule has 0 fully saturated rings. The quantitative estimate of drug-likeness (QED) is 0.620. The Morgan fingerprint density at radius 3 is 2.58 bits per heavy atom. The van der Waals surface area contributed by atoms with Gasteiger partial charge in [0, 0.05) is 31.7 Å². The van der Waals surface area contributed by atoms with E-state index in [1.807, 2.05) is 30.3 Å². The molecule has 5 heteroatoms. The maximum Gasteiger partial charge on any atom is 0.221 e. The van der Waals surface area contributed by atoms with Crippen LogP contribution in [-0.4, -0.2) is 19.0 Å². The van der Waals surface area contributed by atoms with E-state index in [-0.39, 0.29) is 11.7 Å². The standard InChI is InChI=1S/C19H24FN3O/c20-17-5-1-3-15(13-17)4-2-12-22-18-8-6-16(7-9-18)14-23-19(24)10-11-21/h1,3,5-9,13,22H,2,4,10-12,14,21H2,(H,23,24). The average molecular weight is 329 g/mol. The number of benzene rings is 2. The Kier molecular flexibility index (Phi) is 7.23. The van der Waals surface area contributed by atoms with Gasteiger partial charge in [0.05, 0.1) is 0 Å². The van der Waals surface area contributed by atoms with Crippen LogP contribution >= 0.6 is 0 Å². The van der Waals surface area contributed by atoms with Crippen LogP contribution in [0.2, 0.25) is 0 Å². The first kappa shape index (κ1) is 17.9. The molecule has 0 unspecified atom stereocenters. The van der Waals surface area contributed by atoms with Crippen LogP contribution in [0.25, 0.3) is 0 Å². The molecular weight excluding hydrogens is 305 g/mol. The van der Waals surface area contributed by atoms with Crippen LogP contribution in [0.5, 0.6) is 0 Å². The molecule has 0 saturated carbocycles. The zero-order chi connectivity index (χ0) is 17.2. The number of hydrogen-bond donors (Lipinski definition) is 3. The Morgan fingerprint density at radius 1 is 1.08 bits per heavy atom. The normalized spacial score (nSPS) is 10.4. The summed E-state index contributed by atoms with van der Waals surface area (Å²) < 4.78 is 13.1. The molecule has 0 radical (unpaired) electrons. The molecule has 0 spiro atoms. The highest BCUT2D eigenvalue weighted by Crippen LogP contribution is 2.11. The van der Waals surface area contributed by atoms with E-state index in [1.54, 1.807) is 12.1 Å². The molecule has 0 aliphatic carbocycles. The van der Waals surface area contributed by atoms with Crippen LogP contribution in [0.4, 0.5) is 10.1 Å². The summed E-state index contributed by atoms with van der Waals surface area (Å²) in [5.41, 5.74) is 8.43.